The van der Waals surface area contributed by atoms with Gasteiger partial charge in [0.05, 0.1) is 25.4 Å². The van der Waals surface area contributed by atoms with Crippen LogP contribution in [0.15, 0.2) is 48.6 Å². The molecule has 1 rings (SSSR count). The van der Waals surface area contributed by atoms with Gasteiger partial charge in [0.1, 0.15) is 24.4 Å². The van der Waals surface area contributed by atoms with Gasteiger partial charge >= 0.3 is 0 Å². The normalized spacial score (nSPS) is 18.5. The Morgan fingerprint density at radius 2 is 0.732 bits per heavy atom. The number of aliphatic hydroxyl groups excluding tert-OH is 5. The zero-order chi connectivity index (χ0) is 59.3. The SMILES string of the molecule is CCCCCCC/C=C\C/C=C\CCCCCCCCCCCCCCCCCCCCCCCC(=O)NC(COC1OC(CO)C(O)C(O)C1O)C(O)/C=C/CC/C=C/CCCCCCCCCCCCCCCCCCCCCC. The van der Waals surface area contributed by atoms with Gasteiger partial charge in [0.2, 0.25) is 5.91 Å². The highest BCUT2D eigenvalue weighted by atomic mass is 16.7. The quantitative estimate of drug-likeness (QED) is 0.0261. The van der Waals surface area contributed by atoms with Crippen molar-refractivity contribution in [3.8, 4) is 0 Å². The van der Waals surface area contributed by atoms with Crippen LogP contribution in [0.4, 0.5) is 0 Å². The third-order valence-electron chi connectivity index (χ3n) is 17.1. The third-order valence-corrected chi connectivity index (χ3v) is 17.1. The molecular formula is C73H137NO8. The predicted molar refractivity (Wildman–Crippen MR) is 350 cm³/mol. The maximum atomic E-state index is 13.1. The lowest BCUT2D eigenvalue weighted by atomic mass is 9.99. The zero-order valence-corrected chi connectivity index (χ0v) is 54.0. The number of carbonyl (C=O) groups excluding carboxylic acids is 1. The minimum atomic E-state index is -1.57. The Morgan fingerprint density at radius 1 is 0.415 bits per heavy atom. The first-order valence-corrected chi connectivity index (χ1v) is 35.9. The fourth-order valence-electron chi connectivity index (χ4n) is 11.5. The van der Waals surface area contributed by atoms with E-state index in [1.54, 1.807) is 6.08 Å². The summed E-state index contributed by atoms with van der Waals surface area (Å²) in [5, 5.41) is 54.8. The Morgan fingerprint density at radius 3 is 1.10 bits per heavy atom. The van der Waals surface area contributed by atoms with Crippen molar-refractivity contribution < 1.29 is 39.8 Å². The molecule has 1 fully saturated rings. The number of aliphatic hydroxyl groups is 5. The van der Waals surface area contributed by atoms with Crippen molar-refractivity contribution in [2.75, 3.05) is 13.2 Å². The molecule has 9 nitrogen and oxygen atoms in total. The fourth-order valence-corrected chi connectivity index (χ4v) is 11.5. The van der Waals surface area contributed by atoms with Crippen LogP contribution in [0.5, 0.6) is 0 Å². The molecule has 0 bridgehead atoms. The lowest BCUT2D eigenvalue weighted by molar-refractivity contribution is -0.302. The van der Waals surface area contributed by atoms with Crippen LogP contribution in [-0.2, 0) is 14.3 Å². The first kappa shape index (κ1) is 78.2. The summed E-state index contributed by atoms with van der Waals surface area (Å²) in [5.74, 6) is -0.180. The van der Waals surface area contributed by atoms with Crippen LogP contribution < -0.4 is 5.32 Å². The molecule has 7 unspecified atom stereocenters. The summed E-state index contributed by atoms with van der Waals surface area (Å²) in [6.45, 7) is 3.80. The first-order chi connectivity index (χ1) is 40.3. The van der Waals surface area contributed by atoms with Gasteiger partial charge in [-0.25, -0.2) is 0 Å². The summed E-state index contributed by atoms with van der Waals surface area (Å²) in [7, 11) is 0. The van der Waals surface area contributed by atoms with Crippen molar-refractivity contribution in [3.05, 3.63) is 48.6 Å². The van der Waals surface area contributed by atoms with E-state index in [1.807, 2.05) is 6.08 Å². The second kappa shape index (κ2) is 62.2. The van der Waals surface area contributed by atoms with Gasteiger partial charge in [-0.1, -0.05) is 332 Å². The van der Waals surface area contributed by atoms with Crippen molar-refractivity contribution in [1.29, 1.82) is 0 Å². The number of carbonyl (C=O) groups is 1. The van der Waals surface area contributed by atoms with Crippen molar-refractivity contribution in [3.63, 3.8) is 0 Å². The highest BCUT2D eigenvalue weighted by Crippen LogP contribution is 2.23. The summed E-state index contributed by atoms with van der Waals surface area (Å²) in [5.41, 5.74) is 0. The molecule has 482 valence electrons. The number of rotatable bonds is 63. The lowest BCUT2D eigenvalue weighted by Gasteiger charge is -2.40. The molecule has 1 aliphatic rings. The number of allylic oxidation sites excluding steroid dienone is 7. The van der Waals surface area contributed by atoms with Gasteiger partial charge in [-0.05, 0) is 64.2 Å². The van der Waals surface area contributed by atoms with Gasteiger partial charge < -0.3 is 40.3 Å². The van der Waals surface area contributed by atoms with Crippen LogP contribution in [0.1, 0.15) is 354 Å². The van der Waals surface area contributed by atoms with Gasteiger partial charge in [-0.3, -0.25) is 4.79 Å². The van der Waals surface area contributed by atoms with Gasteiger partial charge in [-0.2, -0.15) is 0 Å². The van der Waals surface area contributed by atoms with Crippen molar-refractivity contribution in [2.45, 2.75) is 397 Å². The maximum Gasteiger partial charge on any atom is 0.220 e. The first-order valence-electron chi connectivity index (χ1n) is 35.9. The van der Waals surface area contributed by atoms with Gasteiger partial charge in [0, 0.05) is 6.42 Å². The van der Waals surface area contributed by atoms with E-state index in [0.29, 0.717) is 6.42 Å². The van der Waals surface area contributed by atoms with E-state index in [0.717, 1.165) is 44.9 Å². The molecule has 0 aliphatic carbocycles. The molecule has 1 saturated heterocycles. The minimum absolute atomic E-state index is 0.180. The molecule has 1 heterocycles. The summed E-state index contributed by atoms with van der Waals surface area (Å²) < 4.78 is 11.3. The molecule has 82 heavy (non-hydrogen) atoms. The van der Waals surface area contributed by atoms with E-state index in [-0.39, 0.29) is 12.5 Å². The van der Waals surface area contributed by atoms with Crippen LogP contribution in [0.25, 0.3) is 0 Å². The molecule has 1 aliphatic heterocycles. The smallest absolute Gasteiger partial charge is 0.220 e. The van der Waals surface area contributed by atoms with Crippen LogP contribution >= 0.6 is 0 Å². The van der Waals surface area contributed by atoms with E-state index >= 15 is 0 Å². The van der Waals surface area contributed by atoms with Gasteiger partial charge in [-0.15, -0.1) is 0 Å². The summed E-state index contributed by atoms with van der Waals surface area (Å²) in [6, 6.07) is -0.823. The van der Waals surface area contributed by atoms with Gasteiger partial charge in [0.15, 0.2) is 6.29 Å². The van der Waals surface area contributed by atoms with E-state index < -0.39 is 49.5 Å². The Hall–Kier alpha value is -1.85. The Bertz CT molecular complexity index is 1430. The zero-order valence-electron chi connectivity index (χ0n) is 54.0. The Kier molecular flexibility index (Phi) is 59.3. The second-order valence-electron chi connectivity index (χ2n) is 25.0. The Balaban J connectivity index is 2.12. The van der Waals surface area contributed by atoms with Crippen molar-refractivity contribution >= 4 is 5.91 Å². The molecule has 0 radical (unpaired) electrons. The van der Waals surface area contributed by atoms with Crippen LogP contribution in [0.2, 0.25) is 0 Å². The second-order valence-corrected chi connectivity index (χ2v) is 25.0. The molecular weight excluding hydrogens is 1020 g/mol. The molecule has 0 aromatic rings. The summed E-state index contributed by atoms with van der Waals surface area (Å²) >= 11 is 0. The van der Waals surface area contributed by atoms with E-state index in [4.69, 9.17) is 9.47 Å². The average Bonchev–Trinajstić information content (AvgIpc) is 3.57. The molecule has 0 spiro atoms. The lowest BCUT2D eigenvalue weighted by Crippen LogP contribution is -2.60. The number of amides is 1. The van der Waals surface area contributed by atoms with Crippen LogP contribution in [0.3, 0.4) is 0 Å². The van der Waals surface area contributed by atoms with E-state index in [1.165, 1.54) is 289 Å². The minimum Gasteiger partial charge on any atom is -0.394 e. The average molecular weight is 1160 g/mol. The largest absolute Gasteiger partial charge is 0.394 e. The van der Waals surface area contributed by atoms with E-state index in [9.17, 15) is 30.3 Å². The molecule has 1 amide bonds. The van der Waals surface area contributed by atoms with Crippen molar-refractivity contribution in [1.82, 2.24) is 5.32 Å². The highest BCUT2D eigenvalue weighted by Gasteiger charge is 2.44. The molecule has 9 heteroatoms. The van der Waals surface area contributed by atoms with Gasteiger partial charge in [0.25, 0.3) is 0 Å². The topological polar surface area (TPSA) is 149 Å². The number of hydrogen-bond acceptors (Lipinski definition) is 8. The number of hydrogen-bond donors (Lipinski definition) is 6. The number of ether oxygens (including phenoxy) is 2. The molecule has 7 atom stereocenters. The summed E-state index contributed by atoms with van der Waals surface area (Å²) in [6.07, 6.45) is 78.0. The van der Waals surface area contributed by atoms with Crippen molar-refractivity contribution in [2.24, 2.45) is 0 Å². The molecule has 0 aromatic heterocycles. The monoisotopic (exact) mass is 1160 g/mol. The standard InChI is InChI=1S/C73H137NO8/c1-3-5-7-9-11-13-15-17-19-21-23-25-27-29-31-32-33-34-35-36-37-39-41-43-45-47-49-51-53-55-57-59-61-63-69(77)74-66(65-81-73-72(80)71(79)70(78)68(64-75)82-73)67(76)62-60-58-56-54-52-50-48-46-44-42-40-38-30-28-26-24-22-20-18-16-14-12-10-8-6-4-2/h15,17,21,23,52,54,60,62,66-68,70-73,75-76,78-80H,3-14,16,18-20,22,24-51,53,55-59,61,63-65H2,1-2H3,(H,74,77)/b17-15-,23-21-,54-52+,62-60+. The van der Waals surface area contributed by atoms with Crippen LogP contribution in [0, 0.1) is 0 Å². The number of nitrogens with one attached hydrogen (secondary N) is 1. The molecule has 0 saturated carbocycles. The predicted octanol–water partition coefficient (Wildman–Crippen LogP) is 19.6. The fraction of sp³-hybridized carbons (Fsp3) is 0.877. The van der Waals surface area contributed by atoms with E-state index in [2.05, 4.69) is 55.6 Å². The summed E-state index contributed by atoms with van der Waals surface area (Å²) in [4.78, 5) is 13.1. The molecule has 0 aromatic carbocycles. The Labute approximate surface area is 507 Å². The van der Waals surface area contributed by atoms with Crippen LogP contribution in [-0.4, -0.2) is 87.5 Å². The third kappa shape index (κ3) is 50.3. The number of unbranched alkanes of at least 4 members (excludes halogenated alkanes) is 47. The highest BCUT2D eigenvalue weighted by molar-refractivity contribution is 5.76. The molecule has 6 N–H and O–H groups in total. The maximum absolute atomic E-state index is 13.1.